The number of benzene rings is 1. The van der Waals surface area contributed by atoms with Crippen molar-refractivity contribution in [1.82, 2.24) is 14.9 Å². The first-order valence-electron chi connectivity index (χ1n) is 6.16. The van der Waals surface area contributed by atoms with Crippen molar-refractivity contribution in [3.8, 4) is 0 Å². The van der Waals surface area contributed by atoms with Crippen LogP contribution in [-0.2, 0) is 13.1 Å². The highest BCUT2D eigenvalue weighted by atomic mass is 16.6. The van der Waals surface area contributed by atoms with E-state index in [1.165, 1.54) is 6.07 Å². The van der Waals surface area contributed by atoms with Gasteiger partial charge in [0.1, 0.15) is 0 Å². The molecule has 0 bridgehead atoms. The summed E-state index contributed by atoms with van der Waals surface area (Å²) in [5, 5.41) is 14.1. The number of nitrogens with zero attached hydrogens (tertiary/aromatic N) is 3. The number of hydrogen-bond donors (Lipinski definition) is 1. The predicted octanol–water partition coefficient (Wildman–Crippen LogP) is 1.97. The van der Waals surface area contributed by atoms with Gasteiger partial charge < -0.3 is 9.88 Å². The standard InChI is InChI=1S/C13H16N4O2/c18-17(19)13-5-2-1-4-12(13)10-14-6-3-8-16-9-7-15-11-16/h1-2,4-5,7,9,11,14H,3,6,8,10H2. The van der Waals surface area contributed by atoms with Crippen LogP contribution >= 0.6 is 0 Å². The van der Waals surface area contributed by atoms with E-state index in [9.17, 15) is 10.1 Å². The van der Waals surface area contributed by atoms with E-state index < -0.39 is 0 Å². The van der Waals surface area contributed by atoms with Gasteiger partial charge in [-0.2, -0.15) is 0 Å². The monoisotopic (exact) mass is 260 g/mol. The molecule has 6 heteroatoms. The fourth-order valence-corrected chi connectivity index (χ4v) is 1.87. The summed E-state index contributed by atoms with van der Waals surface area (Å²) < 4.78 is 2.01. The molecule has 0 amide bonds. The third kappa shape index (κ3) is 3.89. The highest BCUT2D eigenvalue weighted by Gasteiger charge is 2.10. The Morgan fingerprint density at radius 1 is 1.37 bits per heavy atom. The van der Waals surface area contributed by atoms with Crippen molar-refractivity contribution in [3.05, 3.63) is 58.7 Å². The maximum Gasteiger partial charge on any atom is 0.273 e. The average molecular weight is 260 g/mol. The molecule has 0 saturated carbocycles. The van der Waals surface area contributed by atoms with Crippen molar-refractivity contribution in [2.75, 3.05) is 6.54 Å². The minimum Gasteiger partial charge on any atom is -0.337 e. The van der Waals surface area contributed by atoms with Crippen molar-refractivity contribution in [2.24, 2.45) is 0 Å². The van der Waals surface area contributed by atoms with Gasteiger partial charge in [-0.1, -0.05) is 18.2 Å². The molecule has 0 aliphatic carbocycles. The number of nitro groups is 1. The Balaban J connectivity index is 1.75. The van der Waals surface area contributed by atoms with E-state index in [4.69, 9.17) is 0 Å². The summed E-state index contributed by atoms with van der Waals surface area (Å²) in [6.45, 7) is 2.22. The first-order chi connectivity index (χ1) is 9.27. The highest BCUT2D eigenvalue weighted by Crippen LogP contribution is 2.16. The Morgan fingerprint density at radius 2 is 2.21 bits per heavy atom. The number of aromatic nitrogens is 2. The van der Waals surface area contributed by atoms with E-state index in [-0.39, 0.29) is 10.6 Å². The lowest BCUT2D eigenvalue weighted by Gasteiger charge is -2.06. The number of nitrogens with one attached hydrogen (secondary N) is 1. The molecule has 0 spiro atoms. The Bertz CT molecular complexity index is 525. The topological polar surface area (TPSA) is 73.0 Å². The Kier molecular flexibility index (Phi) is 4.63. The Hall–Kier alpha value is -2.21. The fourth-order valence-electron chi connectivity index (χ4n) is 1.87. The molecular formula is C13H16N4O2. The van der Waals surface area contributed by atoms with Gasteiger partial charge in [0.05, 0.1) is 11.3 Å². The summed E-state index contributed by atoms with van der Waals surface area (Å²) in [5.74, 6) is 0. The second kappa shape index (κ2) is 6.65. The van der Waals surface area contributed by atoms with E-state index in [2.05, 4.69) is 10.3 Å². The summed E-state index contributed by atoms with van der Waals surface area (Å²) in [5.41, 5.74) is 0.889. The number of para-hydroxylation sites is 1. The summed E-state index contributed by atoms with van der Waals surface area (Å²) in [7, 11) is 0. The lowest BCUT2D eigenvalue weighted by molar-refractivity contribution is -0.385. The molecule has 1 aromatic carbocycles. The molecule has 1 heterocycles. The molecule has 1 aromatic heterocycles. The number of rotatable bonds is 7. The summed E-state index contributed by atoms with van der Waals surface area (Å²) in [6, 6.07) is 6.81. The molecule has 2 aromatic rings. The van der Waals surface area contributed by atoms with Crippen LogP contribution in [0.4, 0.5) is 5.69 Å². The van der Waals surface area contributed by atoms with Crippen LogP contribution in [0, 0.1) is 10.1 Å². The zero-order valence-electron chi connectivity index (χ0n) is 10.5. The third-order valence-electron chi connectivity index (χ3n) is 2.83. The smallest absolute Gasteiger partial charge is 0.273 e. The molecule has 0 fully saturated rings. The van der Waals surface area contributed by atoms with Crippen LogP contribution in [0.3, 0.4) is 0 Å². The summed E-state index contributed by atoms with van der Waals surface area (Å²) in [6.07, 6.45) is 6.40. The van der Waals surface area contributed by atoms with Gasteiger partial charge in [0.25, 0.3) is 5.69 Å². The molecular weight excluding hydrogens is 244 g/mol. The van der Waals surface area contributed by atoms with Gasteiger partial charge in [-0.25, -0.2) is 4.98 Å². The van der Waals surface area contributed by atoms with Gasteiger partial charge in [0.2, 0.25) is 0 Å². The third-order valence-corrected chi connectivity index (χ3v) is 2.83. The second-order valence-corrected chi connectivity index (χ2v) is 4.22. The lowest BCUT2D eigenvalue weighted by atomic mass is 10.2. The molecule has 100 valence electrons. The number of hydrogen-bond acceptors (Lipinski definition) is 4. The van der Waals surface area contributed by atoms with Crippen molar-refractivity contribution in [3.63, 3.8) is 0 Å². The van der Waals surface area contributed by atoms with E-state index in [0.29, 0.717) is 6.54 Å². The van der Waals surface area contributed by atoms with Crippen molar-refractivity contribution < 1.29 is 4.92 Å². The minimum atomic E-state index is -0.345. The van der Waals surface area contributed by atoms with Crippen molar-refractivity contribution >= 4 is 5.69 Å². The molecule has 1 N–H and O–H groups in total. The molecule has 0 saturated heterocycles. The number of aryl methyl sites for hydroxylation is 1. The van der Waals surface area contributed by atoms with E-state index in [0.717, 1.165) is 25.1 Å². The fraction of sp³-hybridized carbons (Fsp3) is 0.308. The number of imidazole rings is 1. The van der Waals surface area contributed by atoms with Gasteiger partial charge in [0.15, 0.2) is 0 Å². The van der Waals surface area contributed by atoms with Gasteiger partial charge in [-0.05, 0) is 13.0 Å². The molecule has 0 atom stereocenters. The van der Waals surface area contributed by atoms with Gasteiger partial charge >= 0.3 is 0 Å². The molecule has 2 rings (SSSR count). The van der Waals surface area contributed by atoms with Crippen LogP contribution in [0.1, 0.15) is 12.0 Å². The molecule has 0 aliphatic heterocycles. The second-order valence-electron chi connectivity index (χ2n) is 4.22. The predicted molar refractivity (Wildman–Crippen MR) is 71.6 cm³/mol. The average Bonchev–Trinajstić information content (AvgIpc) is 2.92. The van der Waals surface area contributed by atoms with Crippen molar-refractivity contribution in [1.29, 1.82) is 0 Å². The normalized spacial score (nSPS) is 10.5. The van der Waals surface area contributed by atoms with E-state index in [1.54, 1.807) is 24.7 Å². The van der Waals surface area contributed by atoms with Gasteiger partial charge in [0, 0.05) is 37.1 Å². The largest absolute Gasteiger partial charge is 0.337 e. The molecule has 0 aliphatic rings. The quantitative estimate of drug-likeness (QED) is 0.469. The highest BCUT2D eigenvalue weighted by molar-refractivity contribution is 5.39. The van der Waals surface area contributed by atoms with E-state index >= 15 is 0 Å². The van der Waals surface area contributed by atoms with Crippen LogP contribution in [0.15, 0.2) is 43.0 Å². The van der Waals surface area contributed by atoms with Crippen LogP contribution in [0.2, 0.25) is 0 Å². The molecule has 0 radical (unpaired) electrons. The molecule has 19 heavy (non-hydrogen) atoms. The first-order valence-corrected chi connectivity index (χ1v) is 6.16. The molecule has 0 unspecified atom stereocenters. The summed E-state index contributed by atoms with van der Waals surface area (Å²) >= 11 is 0. The van der Waals surface area contributed by atoms with Crippen LogP contribution < -0.4 is 5.32 Å². The van der Waals surface area contributed by atoms with Crippen LogP contribution in [0.25, 0.3) is 0 Å². The van der Waals surface area contributed by atoms with Crippen molar-refractivity contribution in [2.45, 2.75) is 19.5 Å². The first kappa shape index (κ1) is 13.2. The van der Waals surface area contributed by atoms with Gasteiger partial charge in [-0.3, -0.25) is 10.1 Å². The van der Waals surface area contributed by atoms with Crippen LogP contribution in [0.5, 0.6) is 0 Å². The van der Waals surface area contributed by atoms with Gasteiger partial charge in [-0.15, -0.1) is 0 Å². The molecule has 6 nitrogen and oxygen atoms in total. The number of nitro benzene ring substituents is 1. The zero-order chi connectivity index (χ0) is 13.5. The zero-order valence-corrected chi connectivity index (χ0v) is 10.5. The SMILES string of the molecule is O=[N+]([O-])c1ccccc1CNCCCn1ccnc1. The Morgan fingerprint density at radius 3 is 2.95 bits per heavy atom. The lowest BCUT2D eigenvalue weighted by Crippen LogP contribution is -2.17. The maximum atomic E-state index is 10.8. The minimum absolute atomic E-state index is 0.171. The Labute approximate surface area is 111 Å². The van der Waals surface area contributed by atoms with E-state index in [1.807, 2.05) is 16.8 Å². The van der Waals surface area contributed by atoms with Crippen LogP contribution in [-0.4, -0.2) is 21.0 Å². The summed E-state index contributed by atoms with van der Waals surface area (Å²) in [4.78, 5) is 14.5. The maximum absolute atomic E-state index is 10.8.